The van der Waals surface area contributed by atoms with E-state index in [4.69, 9.17) is 0 Å². The first-order valence-corrected chi connectivity index (χ1v) is 8.84. The van der Waals surface area contributed by atoms with Gasteiger partial charge in [0.05, 0.1) is 22.9 Å². The lowest BCUT2D eigenvalue weighted by atomic mass is 10.2. The Balaban J connectivity index is 1.38. The predicted molar refractivity (Wildman–Crippen MR) is 101 cm³/mol. The van der Waals surface area contributed by atoms with Crippen LogP contribution < -0.4 is 5.32 Å². The minimum absolute atomic E-state index is 0.155. The molecule has 6 nitrogen and oxygen atoms in total. The van der Waals surface area contributed by atoms with E-state index in [9.17, 15) is 18.0 Å². The van der Waals surface area contributed by atoms with Crippen LogP contribution in [0, 0.1) is 0 Å². The molecule has 0 saturated carbocycles. The zero-order valence-electron chi connectivity index (χ0n) is 15.1. The first-order valence-electron chi connectivity index (χ1n) is 8.84. The van der Waals surface area contributed by atoms with Crippen LogP contribution in [0.15, 0.2) is 60.9 Å². The standard InChI is InChI=1S/C20H16F3N5O/c21-20(22,23)19-26-16-7-6-14(10-17(16)27-19)18(29)24-9-8-13-11-25-28(12-13)15-4-2-1-3-5-15/h1-7,10-12H,8-9H2,(H,24,29)(H,26,27). The molecule has 4 aromatic rings. The van der Waals surface area contributed by atoms with Crippen LogP contribution >= 0.6 is 0 Å². The van der Waals surface area contributed by atoms with E-state index in [2.05, 4.69) is 20.4 Å². The molecule has 0 aliphatic heterocycles. The van der Waals surface area contributed by atoms with E-state index in [1.54, 1.807) is 10.9 Å². The van der Waals surface area contributed by atoms with Gasteiger partial charge in [-0.25, -0.2) is 9.67 Å². The molecular formula is C20H16F3N5O. The van der Waals surface area contributed by atoms with Crippen molar-refractivity contribution < 1.29 is 18.0 Å². The van der Waals surface area contributed by atoms with Gasteiger partial charge in [-0.3, -0.25) is 4.79 Å². The zero-order valence-corrected chi connectivity index (χ0v) is 15.1. The Morgan fingerprint density at radius 1 is 1.14 bits per heavy atom. The summed E-state index contributed by atoms with van der Waals surface area (Å²) < 4.78 is 40.0. The minimum Gasteiger partial charge on any atom is -0.352 e. The lowest BCUT2D eigenvalue weighted by molar-refractivity contribution is -0.144. The van der Waals surface area contributed by atoms with Gasteiger partial charge in [0.2, 0.25) is 5.82 Å². The molecule has 2 heterocycles. The average Bonchev–Trinajstić information content (AvgIpc) is 3.35. The number of alkyl halides is 3. The molecule has 0 saturated heterocycles. The first-order chi connectivity index (χ1) is 13.9. The van der Waals surface area contributed by atoms with Crippen molar-refractivity contribution in [3.8, 4) is 5.69 Å². The Hall–Kier alpha value is -3.62. The highest BCUT2D eigenvalue weighted by atomic mass is 19.4. The number of benzene rings is 2. The number of para-hydroxylation sites is 1. The van der Waals surface area contributed by atoms with Crippen LogP contribution in [0.4, 0.5) is 13.2 Å². The van der Waals surface area contributed by atoms with Gasteiger partial charge in [-0.1, -0.05) is 18.2 Å². The third kappa shape index (κ3) is 4.13. The summed E-state index contributed by atoms with van der Waals surface area (Å²) in [5.41, 5.74) is 2.47. The SMILES string of the molecule is O=C(NCCc1cnn(-c2ccccc2)c1)c1ccc2nc(C(F)(F)F)[nH]c2c1. The normalized spacial score (nSPS) is 11.7. The Morgan fingerprint density at radius 2 is 1.93 bits per heavy atom. The summed E-state index contributed by atoms with van der Waals surface area (Å²) in [4.78, 5) is 18.0. The van der Waals surface area contributed by atoms with Crippen LogP contribution in [0.25, 0.3) is 16.7 Å². The second-order valence-corrected chi connectivity index (χ2v) is 6.45. The molecule has 2 aromatic carbocycles. The highest BCUT2D eigenvalue weighted by molar-refractivity contribution is 5.97. The number of amides is 1. The maximum absolute atomic E-state index is 12.7. The molecule has 0 aliphatic carbocycles. The number of aromatic nitrogens is 4. The van der Waals surface area contributed by atoms with Gasteiger partial charge in [0.15, 0.2) is 0 Å². The predicted octanol–water partition coefficient (Wildman–Crippen LogP) is 3.74. The molecule has 0 fully saturated rings. The number of nitrogens with zero attached hydrogens (tertiary/aromatic N) is 3. The molecule has 9 heteroatoms. The Kier molecular flexibility index (Phi) is 4.79. The summed E-state index contributed by atoms with van der Waals surface area (Å²) in [5.74, 6) is -1.45. The van der Waals surface area contributed by atoms with Gasteiger partial charge in [0.1, 0.15) is 0 Å². The number of hydrogen-bond acceptors (Lipinski definition) is 3. The maximum atomic E-state index is 12.7. The van der Waals surface area contributed by atoms with Crippen molar-refractivity contribution in [1.82, 2.24) is 25.1 Å². The number of hydrogen-bond donors (Lipinski definition) is 2. The van der Waals surface area contributed by atoms with Crippen LogP contribution in [0.3, 0.4) is 0 Å². The number of rotatable bonds is 5. The second kappa shape index (κ2) is 7.42. The lowest BCUT2D eigenvalue weighted by Crippen LogP contribution is -2.25. The quantitative estimate of drug-likeness (QED) is 0.537. The summed E-state index contributed by atoms with van der Waals surface area (Å²) in [7, 11) is 0. The van der Waals surface area contributed by atoms with Crippen LogP contribution in [-0.4, -0.2) is 32.2 Å². The highest BCUT2D eigenvalue weighted by Gasteiger charge is 2.34. The van der Waals surface area contributed by atoms with E-state index in [0.29, 0.717) is 13.0 Å². The van der Waals surface area contributed by atoms with Crippen molar-refractivity contribution in [1.29, 1.82) is 0 Å². The van der Waals surface area contributed by atoms with Crippen molar-refractivity contribution in [3.63, 3.8) is 0 Å². The lowest BCUT2D eigenvalue weighted by Gasteiger charge is -2.04. The van der Waals surface area contributed by atoms with Gasteiger partial charge in [0.25, 0.3) is 5.91 Å². The summed E-state index contributed by atoms with van der Waals surface area (Å²) in [6.07, 6.45) is -0.375. The number of halogens is 3. The number of fused-ring (bicyclic) bond motifs is 1. The molecule has 0 bridgehead atoms. The molecule has 1 amide bonds. The van der Waals surface area contributed by atoms with E-state index in [1.165, 1.54) is 18.2 Å². The molecular weight excluding hydrogens is 383 g/mol. The number of aromatic amines is 1. The van der Waals surface area contributed by atoms with Gasteiger partial charge in [-0.2, -0.15) is 18.3 Å². The van der Waals surface area contributed by atoms with Crippen LogP contribution in [0.2, 0.25) is 0 Å². The van der Waals surface area contributed by atoms with Crippen molar-refractivity contribution in [2.45, 2.75) is 12.6 Å². The number of imidazole rings is 1. The van der Waals surface area contributed by atoms with Gasteiger partial charge in [-0.15, -0.1) is 0 Å². The topological polar surface area (TPSA) is 75.6 Å². The molecule has 4 rings (SSSR count). The van der Waals surface area contributed by atoms with Crippen molar-refractivity contribution in [2.75, 3.05) is 6.54 Å². The van der Waals surface area contributed by atoms with Crippen molar-refractivity contribution in [3.05, 3.63) is 77.9 Å². The number of carbonyl (C=O) groups is 1. The van der Waals surface area contributed by atoms with E-state index < -0.39 is 12.0 Å². The van der Waals surface area contributed by atoms with Gasteiger partial charge in [-0.05, 0) is 42.3 Å². The number of carbonyl (C=O) groups excluding carboxylic acids is 1. The third-order valence-electron chi connectivity index (χ3n) is 4.37. The smallest absolute Gasteiger partial charge is 0.352 e. The zero-order chi connectivity index (χ0) is 20.4. The fourth-order valence-corrected chi connectivity index (χ4v) is 2.92. The fraction of sp³-hybridized carbons (Fsp3) is 0.150. The largest absolute Gasteiger partial charge is 0.449 e. The molecule has 0 unspecified atom stereocenters. The molecule has 0 spiro atoms. The molecule has 0 aliphatic rings. The van der Waals surface area contributed by atoms with E-state index >= 15 is 0 Å². The van der Waals surface area contributed by atoms with Crippen LogP contribution in [0.5, 0.6) is 0 Å². The molecule has 2 N–H and O–H groups in total. The first kappa shape index (κ1) is 18.7. The minimum atomic E-state index is -4.56. The van der Waals surface area contributed by atoms with E-state index in [1.807, 2.05) is 36.5 Å². The molecule has 148 valence electrons. The van der Waals surface area contributed by atoms with Crippen LogP contribution in [0.1, 0.15) is 21.7 Å². The van der Waals surface area contributed by atoms with E-state index in [0.717, 1.165) is 11.3 Å². The molecule has 2 aromatic heterocycles. The second-order valence-electron chi connectivity index (χ2n) is 6.45. The fourth-order valence-electron chi connectivity index (χ4n) is 2.92. The summed E-state index contributed by atoms with van der Waals surface area (Å²) in [6.45, 7) is 0.369. The highest BCUT2D eigenvalue weighted by Crippen LogP contribution is 2.28. The number of H-pyrrole nitrogens is 1. The maximum Gasteiger partial charge on any atom is 0.449 e. The molecule has 0 atom stereocenters. The van der Waals surface area contributed by atoms with Crippen molar-refractivity contribution in [2.24, 2.45) is 0 Å². The number of nitrogens with one attached hydrogen (secondary N) is 2. The monoisotopic (exact) mass is 399 g/mol. The van der Waals surface area contributed by atoms with Gasteiger partial charge >= 0.3 is 6.18 Å². The third-order valence-corrected chi connectivity index (χ3v) is 4.37. The average molecular weight is 399 g/mol. The molecule has 0 radical (unpaired) electrons. The van der Waals surface area contributed by atoms with Crippen molar-refractivity contribution >= 4 is 16.9 Å². The summed E-state index contributed by atoms with van der Waals surface area (Å²) in [6, 6.07) is 13.8. The van der Waals surface area contributed by atoms with Crippen LogP contribution in [-0.2, 0) is 12.6 Å². The van der Waals surface area contributed by atoms with Gasteiger partial charge in [0, 0.05) is 18.3 Å². The van der Waals surface area contributed by atoms with Gasteiger partial charge < -0.3 is 10.3 Å². The van der Waals surface area contributed by atoms with E-state index in [-0.39, 0.29) is 22.5 Å². The molecule has 29 heavy (non-hydrogen) atoms. The summed E-state index contributed by atoms with van der Waals surface area (Å²) in [5, 5.41) is 7.07. The summed E-state index contributed by atoms with van der Waals surface area (Å²) >= 11 is 0. The Bertz CT molecular complexity index is 1150. The Labute approximate surface area is 163 Å². The Morgan fingerprint density at radius 3 is 2.69 bits per heavy atom.